The van der Waals surface area contributed by atoms with Crippen LogP contribution in [-0.2, 0) is 9.53 Å². The van der Waals surface area contributed by atoms with E-state index in [1.165, 1.54) is 0 Å². The Morgan fingerprint density at radius 2 is 1.95 bits per heavy atom. The number of ether oxygens (including phenoxy) is 1. The minimum absolute atomic E-state index is 0.0393. The van der Waals surface area contributed by atoms with E-state index in [1.54, 1.807) is 4.90 Å². The van der Waals surface area contributed by atoms with Crippen molar-refractivity contribution in [2.75, 3.05) is 26.2 Å². The summed E-state index contributed by atoms with van der Waals surface area (Å²) in [7, 11) is 0. The monoisotopic (exact) mass is 272 g/mol. The Kier molecular flexibility index (Phi) is 5.17. The first-order valence-electron chi connectivity index (χ1n) is 6.63. The number of carboxylic acid groups (broad SMARTS) is 1. The highest BCUT2D eigenvalue weighted by atomic mass is 16.6. The number of amides is 1. The highest BCUT2D eigenvalue weighted by molar-refractivity contribution is 5.69. The molecule has 19 heavy (non-hydrogen) atoms. The van der Waals surface area contributed by atoms with E-state index in [-0.39, 0.29) is 18.6 Å². The van der Waals surface area contributed by atoms with E-state index in [0.717, 1.165) is 0 Å². The van der Waals surface area contributed by atoms with Crippen LogP contribution in [0.25, 0.3) is 0 Å². The fourth-order valence-electron chi connectivity index (χ4n) is 2.08. The van der Waals surface area contributed by atoms with Crippen molar-refractivity contribution < 1.29 is 19.4 Å². The van der Waals surface area contributed by atoms with Crippen LogP contribution in [0.2, 0.25) is 0 Å². The molecule has 0 aliphatic carbocycles. The van der Waals surface area contributed by atoms with Crippen molar-refractivity contribution in [2.45, 2.75) is 45.8 Å². The molecule has 1 aliphatic rings. The molecule has 1 atom stereocenters. The molecule has 0 saturated carbocycles. The molecule has 110 valence electrons. The lowest BCUT2D eigenvalue weighted by Gasteiger charge is -2.40. The van der Waals surface area contributed by atoms with Crippen molar-refractivity contribution in [1.29, 1.82) is 0 Å². The van der Waals surface area contributed by atoms with Crippen molar-refractivity contribution in [3.05, 3.63) is 0 Å². The molecule has 1 aliphatic heterocycles. The summed E-state index contributed by atoms with van der Waals surface area (Å²) >= 11 is 0. The lowest BCUT2D eigenvalue weighted by molar-refractivity contribution is -0.137. The Balaban J connectivity index is 2.45. The quantitative estimate of drug-likeness (QED) is 0.841. The Labute approximate surface area is 114 Å². The summed E-state index contributed by atoms with van der Waals surface area (Å²) in [5, 5.41) is 8.67. The Bertz CT molecular complexity index is 338. The van der Waals surface area contributed by atoms with Gasteiger partial charge in [-0.25, -0.2) is 4.79 Å². The number of hydrogen-bond acceptors (Lipinski definition) is 4. The molecular formula is C13H24N2O4. The Morgan fingerprint density at radius 1 is 1.32 bits per heavy atom. The maximum atomic E-state index is 12.0. The van der Waals surface area contributed by atoms with Crippen LogP contribution in [0.5, 0.6) is 0 Å². The third kappa shape index (κ3) is 5.46. The van der Waals surface area contributed by atoms with Gasteiger partial charge in [0, 0.05) is 32.2 Å². The number of nitrogens with zero attached hydrogens (tertiary/aromatic N) is 2. The minimum atomic E-state index is -0.790. The fraction of sp³-hybridized carbons (Fsp3) is 0.846. The first-order valence-corrected chi connectivity index (χ1v) is 6.63. The second kappa shape index (κ2) is 6.23. The summed E-state index contributed by atoms with van der Waals surface area (Å²) in [6.45, 7) is 9.98. The smallest absolute Gasteiger partial charge is 0.410 e. The van der Waals surface area contributed by atoms with Crippen LogP contribution < -0.4 is 0 Å². The lowest BCUT2D eigenvalue weighted by atomic mass is 10.2. The number of carbonyl (C=O) groups is 2. The van der Waals surface area contributed by atoms with E-state index in [9.17, 15) is 9.59 Å². The van der Waals surface area contributed by atoms with Gasteiger partial charge in [-0.05, 0) is 27.7 Å². The number of hydrogen-bond donors (Lipinski definition) is 1. The second-order valence-corrected chi connectivity index (χ2v) is 5.97. The van der Waals surface area contributed by atoms with Crippen LogP contribution in [0.1, 0.15) is 34.1 Å². The van der Waals surface area contributed by atoms with Gasteiger partial charge in [0.05, 0.1) is 6.42 Å². The van der Waals surface area contributed by atoms with Crippen molar-refractivity contribution >= 4 is 12.1 Å². The molecule has 1 N–H and O–H groups in total. The zero-order chi connectivity index (χ0) is 14.6. The van der Waals surface area contributed by atoms with E-state index in [0.29, 0.717) is 26.2 Å². The second-order valence-electron chi connectivity index (χ2n) is 5.97. The summed E-state index contributed by atoms with van der Waals surface area (Å²) in [4.78, 5) is 26.3. The van der Waals surface area contributed by atoms with E-state index in [4.69, 9.17) is 9.84 Å². The summed E-state index contributed by atoms with van der Waals surface area (Å²) < 4.78 is 5.36. The zero-order valence-corrected chi connectivity index (χ0v) is 12.2. The standard InChI is InChI=1S/C13H24N2O4/c1-10-9-14(6-5-11(16)17)7-8-15(10)12(18)19-13(2,3)4/h10H,5-9H2,1-4H3,(H,16,17). The third-order valence-corrected chi connectivity index (χ3v) is 2.98. The van der Waals surface area contributed by atoms with E-state index in [2.05, 4.69) is 4.90 Å². The molecule has 1 unspecified atom stereocenters. The van der Waals surface area contributed by atoms with Crippen LogP contribution >= 0.6 is 0 Å². The first kappa shape index (κ1) is 15.8. The maximum Gasteiger partial charge on any atom is 0.410 e. The Morgan fingerprint density at radius 3 is 2.42 bits per heavy atom. The predicted octanol–water partition coefficient (Wildman–Crippen LogP) is 1.40. The molecule has 0 spiro atoms. The first-order chi connectivity index (χ1) is 8.69. The van der Waals surface area contributed by atoms with Crippen LogP contribution in [0.15, 0.2) is 0 Å². The molecule has 1 amide bonds. The van der Waals surface area contributed by atoms with Crippen molar-refractivity contribution in [1.82, 2.24) is 9.80 Å². The van der Waals surface area contributed by atoms with Gasteiger partial charge in [-0.15, -0.1) is 0 Å². The summed E-state index contributed by atoms with van der Waals surface area (Å²) in [5.41, 5.74) is -0.489. The number of carbonyl (C=O) groups excluding carboxylic acids is 1. The molecule has 0 aromatic rings. The highest BCUT2D eigenvalue weighted by Crippen LogP contribution is 2.15. The van der Waals surface area contributed by atoms with Gasteiger partial charge in [0.25, 0.3) is 0 Å². The molecule has 1 fully saturated rings. The topological polar surface area (TPSA) is 70.1 Å². The summed E-state index contributed by atoms with van der Waals surface area (Å²) in [6, 6.07) is 0.0393. The van der Waals surface area contributed by atoms with Crippen LogP contribution in [0.4, 0.5) is 4.79 Å². The lowest BCUT2D eigenvalue weighted by Crippen LogP contribution is -2.55. The van der Waals surface area contributed by atoms with Gasteiger partial charge in [-0.2, -0.15) is 0 Å². The molecule has 0 aromatic heterocycles. The average molecular weight is 272 g/mol. The number of carboxylic acids is 1. The third-order valence-electron chi connectivity index (χ3n) is 2.98. The van der Waals surface area contributed by atoms with Gasteiger partial charge in [-0.3, -0.25) is 9.69 Å². The molecule has 0 aromatic carbocycles. The van der Waals surface area contributed by atoms with E-state index in [1.807, 2.05) is 27.7 Å². The molecule has 6 heteroatoms. The highest BCUT2D eigenvalue weighted by Gasteiger charge is 2.30. The van der Waals surface area contributed by atoms with Gasteiger partial charge in [0.15, 0.2) is 0 Å². The molecular weight excluding hydrogens is 248 g/mol. The fourth-order valence-corrected chi connectivity index (χ4v) is 2.08. The summed E-state index contributed by atoms with van der Waals surface area (Å²) in [5.74, 6) is -0.790. The van der Waals surface area contributed by atoms with Gasteiger partial charge in [0.1, 0.15) is 5.60 Å². The summed E-state index contributed by atoms with van der Waals surface area (Å²) in [6.07, 6.45) is -0.156. The Hall–Kier alpha value is -1.30. The number of piperazine rings is 1. The molecule has 6 nitrogen and oxygen atoms in total. The molecule has 1 saturated heterocycles. The van der Waals surface area contributed by atoms with Crippen molar-refractivity contribution in [2.24, 2.45) is 0 Å². The molecule has 1 heterocycles. The molecule has 0 radical (unpaired) electrons. The normalized spacial score (nSPS) is 21.3. The van der Waals surface area contributed by atoms with Gasteiger partial charge in [0.2, 0.25) is 0 Å². The SMILES string of the molecule is CC1CN(CCC(=O)O)CCN1C(=O)OC(C)(C)C. The molecule has 0 bridgehead atoms. The van der Waals surface area contributed by atoms with E-state index >= 15 is 0 Å². The van der Waals surface area contributed by atoms with Gasteiger partial charge in [-0.1, -0.05) is 0 Å². The predicted molar refractivity (Wildman–Crippen MR) is 71.1 cm³/mol. The minimum Gasteiger partial charge on any atom is -0.481 e. The van der Waals surface area contributed by atoms with Crippen LogP contribution in [0, 0.1) is 0 Å². The van der Waals surface area contributed by atoms with E-state index < -0.39 is 11.6 Å². The molecule has 1 rings (SSSR count). The van der Waals surface area contributed by atoms with Crippen LogP contribution in [-0.4, -0.2) is 64.8 Å². The maximum absolute atomic E-state index is 12.0. The van der Waals surface area contributed by atoms with Gasteiger partial charge >= 0.3 is 12.1 Å². The number of rotatable bonds is 3. The largest absolute Gasteiger partial charge is 0.481 e. The van der Waals surface area contributed by atoms with Crippen molar-refractivity contribution in [3.8, 4) is 0 Å². The zero-order valence-electron chi connectivity index (χ0n) is 12.2. The number of aliphatic carboxylic acids is 1. The van der Waals surface area contributed by atoms with Crippen LogP contribution in [0.3, 0.4) is 0 Å². The average Bonchev–Trinajstić information content (AvgIpc) is 2.23. The van der Waals surface area contributed by atoms with Crippen molar-refractivity contribution in [3.63, 3.8) is 0 Å². The van der Waals surface area contributed by atoms with Gasteiger partial charge < -0.3 is 14.7 Å².